The summed E-state index contributed by atoms with van der Waals surface area (Å²) in [7, 11) is 0. The molecule has 1 unspecified atom stereocenters. The van der Waals surface area contributed by atoms with Gasteiger partial charge in [-0.25, -0.2) is 0 Å². The summed E-state index contributed by atoms with van der Waals surface area (Å²) < 4.78 is 1.57. The molecule has 5 aromatic rings. The third kappa shape index (κ3) is 5.84. The van der Waals surface area contributed by atoms with Gasteiger partial charge in [0, 0.05) is 11.3 Å². The molecular formula is C36H35N7. The molecule has 43 heavy (non-hydrogen) atoms. The van der Waals surface area contributed by atoms with Crippen LogP contribution < -0.4 is 11.1 Å². The van der Waals surface area contributed by atoms with Gasteiger partial charge in [-0.1, -0.05) is 84.9 Å². The largest absolute Gasteiger partial charge is 0.368 e. The number of benzene rings is 2. The van der Waals surface area contributed by atoms with Crippen molar-refractivity contribution < 1.29 is 0 Å². The van der Waals surface area contributed by atoms with E-state index >= 15 is 0 Å². The first-order valence-electron chi connectivity index (χ1n) is 15.2. The van der Waals surface area contributed by atoms with Crippen molar-refractivity contribution in [3.05, 3.63) is 131 Å². The van der Waals surface area contributed by atoms with Crippen LogP contribution >= 0.6 is 0 Å². The molecule has 0 bridgehead atoms. The van der Waals surface area contributed by atoms with Crippen molar-refractivity contribution in [3.63, 3.8) is 0 Å². The second kappa shape index (κ2) is 12.1. The predicted octanol–water partition coefficient (Wildman–Crippen LogP) is 7.33. The molecule has 3 aromatic carbocycles. The van der Waals surface area contributed by atoms with Gasteiger partial charge in [-0.15, -0.1) is 15.3 Å². The van der Waals surface area contributed by atoms with E-state index in [4.69, 9.17) is 5.73 Å². The Labute approximate surface area is 252 Å². The highest BCUT2D eigenvalue weighted by atomic mass is 15.4. The third-order valence-corrected chi connectivity index (χ3v) is 8.58. The van der Waals surface area contributed by atoms with E-state index in [1.807, 2.05) is 12.1 Å². The van der Waals surface area contributed by atoms with Crippen molar-refractivity contribution >= 4 is 17.6 Å². The maximum Gasteiger partial charge on any atom is 0.248 e. The van der Waals surface area contributed by atoms with E-state index in [0.717, 1.165) is 67.5 Å². The molecule has 0 radical (unpaired) electrons. The molecule has 2 aliphatic carbocycles. The van der Waals surface area contributed by atoms with Crippen LogP contribution in [-0.2, 0) is 25.7 Å². The molecular weight excluding hydrogens is 530 g/mol. The van der Waals surface area contributed by atoms with Crippen LogP contribution in [0, 0.1) is 0 Å². The number of rotatable bonds is 4. The molecule has 7 nitrogen and oxygen atoms in total. The lowest BCUT2D eigenvalue weighted by atomic mass is 9.92. The number of nitrogen functional groups attached to an aromatic ring is 1. The number of nitrogens with one attached hydrogen (secondary N) is 1. The smallest absolute Gasteiger partial charge is 0.248 e. The van der Waals surface area contributed by atoms with E-state index in [-0.39, 0.29) is 5.95 Å². The molecule has 0 spiro atoms. The summed E-state index contributed by atoms with van der Waals surface area (Å²) in [4.78, 5) is 4.50. The molecule has 214 valence electrons. The number of fused-ring (bicyclic) bond motifs is 4. The first-order chi connectivity index (χ1) is 21.2. The lowest BCUT2D eigenvalue weighted by Crippen LogP contribution is -2.08. The Balaban J connectivity index is 1.09. The minimum Gasteiger partial charge on any atom is -0.368 e. The zero-order valence-corrected chi connectivity index (χ0v) is 24.2. The monoisotopic (exact) mass is 565 g/mol. The van der Waals surface area contributed by atoms with Crippen molar-refractivity contribution in [2.75, 3.05) is 11.1 Å². The number of hydrogen-bond donors (Lipinski definition) is 2. The third-order valence-electron chi connectivity index (χ3n) is 8.58. The molecule has 1 atom stereocenters. The van der Waals surface area contributed by atoms with Crippen molar-refractivity contribution in [2.24, 2.45) is 0 Å². The van der Waals surface area contributed by atoms with Gasteiger partial charge in [0.2, 0.25) is 11.9 Å². The second-order valence-corrected chi connectivity index (χ2v) is 11.4. The van der Waals surface area contributed by atoms with E-state index < -0.39 is 0 Å². The van der Waals surface area contributed by atoms with E-state index in [2.05, 4.69) is 117 Å². The molecule has 2 aromatic heterocycles. The molecule has 7 heteroatoms. The van der Waals surface area contributed by atoms with Gasteiger partial charge in [-0.3, -0.25) is 0 Å². The lowest BCUT2D eigenvalue weighted by Gasteiger charge is -2.13. The molecule has 3 N–H and O–H groups in total. The summed E-state index contributed by atoms with van der Waals surface area (Å²) in [5, 5.41) is 17.2. The molecule has 0 saturated heterocycles. The molecule has 2 aliphatic rings. The van der Waals surface area contributed by atoms with Gasteiger partial charge in [0.1, 0.15) is 0 Å². The van der Waals surface area contributed by atoms with Gasteiger partial charge in [0.15, 0.2) is 5.82 Å². The number of hydrogen-bond acceptors (Lipinski definition) is 6. The Morgan fingerprint density at radius 2 is 1.40 bits per heavy atom. The van der Waals surface area contributed by atoms with Crippen LogP contribution in [0.5, 0.6) is 0 Å². The molecule has 0 amide bonds. The van der Waals surface area contributed by atoms with Crippen LogP contribution in [0.4, 0.5) is 17.6 Å². The summed E-state index contributed by atoms with van der Waals surface area (Å²) in [6, 6.07) is 36.2. The Morgan fingerprint density at radius 1 is 0.674 bits per heavy atom. The average Bonchev–Trinajstić information content (AvgIpc) is 3.17. The summed E-state index contributed by atoms with van der Waals surface area (Å²) in [6.07, 6.45) is 7.37. The van der Waals surface area contributed by atoms with Crippen molar-refractivity contribution in [3.8, 4) is 17.1 Å². The van der Waals surface area contributed by atoms with E-state index in [9.17, 15) is 0 Å². The van der Waals surface area contributed by atoms with Gasteiger partial charge in [-0.2, -0.15) is 9.67 Å². The second-order valence-electron chi connectivity index (χ2n) is 11.4. The van der Waals surface area contributed by atoms with E-state index in [1.54, 1.807) is 4.68 Å². The van der Waals surface area contributed by atoms with Gasteiger partial charge in [-0.05, 0) is 96.9 Å². The number of anilines is 3. The number of nitrogens with two attached hydrogens (primary N) is 1. The predicted molar refractivity (Wildman–Crippen MR) is 172 cm³/mol. The summed E-state index contributed by atoms with van der Waals surface area (Å²) >= 11 is 0. The normalized spacial score (nSPS) is 15.6. The van der Waals surface area contributed by atoms with Crippen LogP contribution in [-0.4, -0.2) is 25.0 Å². The fraction of sp³-hybridized carbons (Fsp3) is 0.222. The lowest BCUT2D eigenvalue weighted by molar-refractivity contribution is 0.599. The summed E-state index contributed by atoms with van der Waals surface area (Å²) in [6.45, 7) is 0. The molecule has 2 heterocycles. The fourth-order valence-electron chi connectivity index (χ4n) is 6.35. The van der Waals surface area contributed by atoms with Gasteiger partial charge in [0.25, 0.3) is 0 Å². The van der Waals surface area contributed by atoms with Crippen LogP contribution in [0.1, 0.15) is 53.0 Å². The SMILES string of the molecule is Nc1nc(Nc2ccc3c(c2)CCC(c2ccccccccc2)CC3)nn1-c1cc2c(nn1)-c1ccccc1CCC2. The van der Waals surface area contributed by atoms with Crippen molar-refractivity contribution in [2.45, 2.75) is 50.9 Å². The number of nitrogens with zero attached hydrogens (tertiary/aromatic N) is 5. The van der Waals surface area contributed by atoms with Crippen LogP contribution in [0.2, 0.25) is 0 Å². The van der Waals surface area contributed by atoms with Crippen LogP contribution in [0.15, 0.2) is 103 Å². The van der Waals surface area contributed by atoms with E-state index in [1.165, 1.54) is 22.3 Å². The quantitative estimate of drug-likeness (QED) is 0.222. The average molecular weight is 566 g/mol. The Kier molecular flexibility index (Phi) is 7.52. The highest BCUT2D eigenvalue weighted by molar-refractivity contribution is 5.68. The Morgan fingerprint density at radius 3 is 2.23 bits per heavy atom. The first-order valence-corrected chi connectivity index (χ1v) is 15.2. The fourth-order valence-corrected chi connectivity index (χ4v) is 6.35. The summed E-state index contributed by atoms with van der Waals surface area (Å²) in [5.41, 5.74) is 16.0. The number of aryl methyl sites for hydroxylation is 4. The van der Waals surface area contributed by atoms with E-state index in [0.29, 0.717) is 17.7 Å². The molecule has 0 saturated carbocycles. The van der Waals surface area contributed by atoms with Gasteiger partial charge < -0.3 is 11.1 Å². The Bertz CT molecular complexity index is 1800. The minimum atomic E-state index is 0.273. The standard InChI is InChI=1S/C36H35N7/c37-35-39-36(42-43(35)33-24-30-15-10-14-28-13-8-9-16-32(28)34(30)41-40-33)38-31-22-21-27-18-17-26(19-20-29(27)23-31)25-11-6-4-2-1-3-5-7-12-25/h1-9,11-13,16,21-24,26H,10,14-15,17-20H2,(H3,37,38,39,42). The van der Waals surface area contributed by atoms with Crippen molar-refractivity contribution in [1.82, 2.24) is 25.0 Å². The van der Waals surface area contributed by atoms with Gasteiger partial charge >= 0.3 is 0 Å². The Hall–Kier alpha value is -5.04. The van der Waals surface area contributed by atoms with Crippen LogP contribution in [0.3, 0.4) is 0 Å². The van der Waals surface area contributed by atoms with Gasteiger partial charge in [0.05, 0.1) is 5.69 Å². The van der Waals surface area contributed by atoms with Crippen molar-refractivity contribution in [1.29, 1.82) is 0 Å². The number of aromatic nitrogens is 5. The highest BCUT2D eigenvalue weighted by Crippen LogP contribution is 2.34. The summed E-state index contributed by atoms with van der Waals surface area (Å²) in [5.74, 6) is 1.81. The first kappa shape index (κ1) is 26.8. The zero-order chi connectivity index (χ0) is 29.0. The highest BCUT2D eigenvalue weighted by Gasteiger charge is 2.20. The molecule has 0 fully saturated rings. The zero-order valence-electron chi connectivity index (χ0n) is 24.2. The molecule has 0 aliphatic heterocycles. The van der Waals surface area contributed by atoms with Crippen LogP contribution in [0.25, 0.3) is 17.1 Å². The topological polar surface area (TPSA) is 94.5 Å². The minimum absolute atomic E-state index is 0.273. The maximum absolute atomic E-state index is 6.33. The maximum atomic E-state index is 6.33. The molecule has 7 rings (SSSR count).